The summed E-state index contributed by atoms with van der Waals surface area (Å²) in [6, 6.07) is 1.47. The minimum absolute atomic E-state index is 0.104. The SMILES string of the molecule is CC(C)c1cc(C(F)F)cc(C(F)F)c1F. The largest absolute Gasteiger partial charge is 0.266 e. The Balaban J connectivity index is 3.39. The summed E-state index contributed by atoms with van der Waals surface area (Å²) in [7, 11) is 0. The van der Waals surface area contributed by atoms with Gasteiger partial charge in [-0.1, -0.05) is 13.8 Å². The maximum absolute atomic E-state index is 13.5. The number of alkyl halides is 4. The second-order valence-corrected chi connectivity index (χ2v) is 3.77. The average Bonchev–Trinajstić information content (AvgIpc) is 2.16. The van der Waals surface area contributed by atoms with Gasteiger partial charge in [-0.2, -0.15) is 0 Å². The van der Waals surface area contributed by atoms with Gasteiger partial charge in [0, 0.05) is 5.56 Å². The molecule has 1 aromatic carbocycles. The molecule has 0 N–H and O–H groups in total. The van der Waals surface area contributed by atoms with E-state index in [1.165, 1.54) is 0 Å². The average molecular weight is 238 g/mol. The van der Waals surface area contributed by atoms with Crippen molar-refractivity contribution in [1.29, 1.82) is 0 Å². The van der Waals surface area contributed by atoms with Crippen LogP contribution in [0.25, 0.3) is 0 Å². The summed E-state index contributed by atoms with van der Waals surface area (Å²) in [6.45, 7) is 3.12. The van der Waals surface area contributed by atoms with Crippen LogP contribution in [-0.2, 0) is 0 Å². The van der Waals surface area contributed by atoms with Crippen LogP contribution in [0.3, 0.4) is 0 Å². The lowest BCUT2D eigenvalue weighted by Crippen LogP contribution is -2.02. The van der Waals surface area contributed by atoms with Gasteiger partial charge in [0.2, 0.25) is 0 Å². The van der Waals surface area contributed by atoms with E-state index >= 15 is 0 Å². The van der Waals surface area contributed by atoms with Crippen LogP contribution < -0.4 is 0 Å². The summed E-state index contributed by atoms with van der Waals surface area (Å²) in [5.41, 5.74) is -1.63. The van der Waals surface area contributed by atoms with Gasteiger partial charge in [0.15, 0.2) is 0 Å². The summed E-state index contributed by atoms with van der Waals surface area (Å²) in [5, 5.41) is 0. The molecule has 5 heteroatoms. The second-order valence-electron chi connectivity index (χ2n) is 3.77. The molecule has 0 bridgehead atoms. The molecule has 0 amide bonds. The van der Waals surface area contributed by atoms with Crippen molar-refractivity contribution in [1.82, 2.24) is 0 Å². The Morgan fingerprint density at radius 2 is 1.38 bits per heavy atom. The highest BCUT2D eigenvalue weighted by atomic mass is 19.3. The Bertz CT molecular complexity index is 342. The standard InChI is InChI=1S/C11H11F5/c1-5(2)7-3-6(10(13)14)4-8(9(7)12)11(15)16/h3-5,10-11H,1-2H3. The molecule has 0 nitrogen and oxygen atoms in total. The van der Waals surface area contributed by atoms with Crippen LogP contribution >= 0.6 is 0 Å². The van der Waals surface area contributed by atoms with Crippen molar-refractivity contribution in [3.8, 4) is 0 Å². The lowest BCUT2D eigenvalue weighted by Gasteiger charge is -2.13. The van der Waals surface area contributed by atoms with E-state index in [1.807, 2.05) is 0 Å². The molecule has 0 saturated heterocycles. The predicted molar refractivity (Wildman–Crippen MR) is 50.4 cm³/mol. The zero-order valence-electron chi connectivity index (χ0n) is 8.78. The fraction of sp³-hybridized carbons (Fsp3) is 0.455. The number of hydrogen-bond donors (Lipinski definition) is 0. The van der Waals surface area contributed by atoms with E-state index < -0.39 is 35.7 Å². The Hall–Kier alpha value is -1.13. The van der Waals surface area contributed by atoms with E-state index in [4.69, 9.17) is 0 Å². The molecule has 90 valence electrons. The molecule has 1 rings (SSSR count). The van der Waals surface area contributed by atoms with E-state index in [2.05, 4.69) is 0 Å². The van der Waals surface area contributed by atoms with Crippen molar-refractivity contribution < 1.29 is 22.0 Å². The van der Waals surface area contributed by atoms with Crippen molar-refractivity contribution >= 4 is 0 Å². The van der Waals surface area contributed by atoms with Gasteiger partial charge < -0.3 is 0 Å². The first-order chi connectivity index (χ1) is 7.34. The summed E-state index contributed by atoms with van der Waals surface area (Å²) < 4.78 is 63.2. The molecular weight excluding hydrogens is 227 g/mol. The molecule has 0 aromatic heterocycles. The van der Waals surface area contributed by atoms with E-state index in [0.717, 1.165) is 6.07 Å². The van der Waals surface area contributed by atoms with E-state index in [-0.39, 0.29) is 5.56 Å². The first-order valence-corrected chi connectivity index (χ1v) is 4.74. The molecule has 0 spiro atoms. The molecular formula is C11H11F5. The van der Waals surface area contributed by atoms with Crippen molar-refractivity contribution in [2.75, 3.05) is 0 Å². The molecule has 0 saturated carbocycles. The molecule has 0 aliphatic rings. The van der Waals surface area contributed by atoms with E-state index in [9.17, 15) is 22.0 Å². The quantitative estimate of drug-likeness (QED) is 0.662. The van der Waals surface area contributed by atoms with Crippen LogP contribution in [-0.4, -0.2) is 0 Å². The van der Waals surface area contributed by atoms with Crippen LogP contribution in [0.5, 0.6) is 0 Å². The zero-order chi connectivity index (χ0) is 12.5. The third-order valence-electron chi connectivity index (χ3n) is 2.26. The van der Waals surface area contributed by atoms with Gasteiger partial charge in [-0.3, -0.25) is 0 Å². The van der Waals surface area contributed by atoms with Crippen molar-refractivity contribution in [3.63, 3.8) is 0 Å². The van der Waals surface area contributed by atoms with Gasteiger partial charge in [0.25, 0.3) is 12.9 Å². The van der Waals surface area contributed by atoms with Gasteiger partial charge >= 0.3 is 0 Å². The molecule has 0 unspecified atom stereocenters. The lowest BCUT2D eigenvalue weighted by molar-refractivity contribution is 0.140. The topological polar surface area (TPSA) is 0 Å². The molecule has 0 aliphatic heterocycles. The molecule has 0 radical (unpaired) electrons. The smallest absolute Gasteiger partial charge is 0.206 e. The minimum Gasteiger partial charge on any atom is -0.206 e. The normalized spacial score (nSPS) is 11.9. The highest BCUT2D eigenvalue weighted by Crippen LogP contribution is 2.32. The van der Waals surface area contributed by atoms with E-state index in [1.54, 1.807) is 13.8 Å². The molecule has 0 fully saturated rings. The molecule has 0 atom stereocenters. The minimum atomic E-state index is -3.09. The van der Waals surface area contributed by atoms with Crippen LogP contribution in [0.1, 0.15) is 49.3 Å². The zero-order valence-corrected chi connectivity index (χ0v) is 8.78. The monoisotopic (exact) mass is 238 g/mol. The molecule has 0 heterocycles. The number of halogens is 5. The third-order valence-corrected chi connectivity index (χ3v) is 2.26. The Labute approximate surface area is 90.1 Å². The maximum atomic E-state index is 13.5. The summed E-state index contributed by atoms with van der Waals surface area (Å²) in [5.74, 6) is -1.51. The van der Waals surface area contributed by atoms with Gasteiger partial charge in [-0.15, -0.1) is 0 Å². The van der Waals surface area contributed by atoms with Gasteiger partial charge in [0.05, 0.1) is 5.56 Å². The number of hydrogen-bond acceptors (Lipinski definition) is 0. The number of rotatable bonds is 3. The summed E-state index contributed by atoms with van der Waals surface area (Å²) >= 11 is 0. The van der Waals surface area contributed by atoms with Gasteiger partial charge in [0.1, 0.15) is 5.82 Å². The fourth-order valence-electron chi connectivity index (χ4n) is 1.40. The summed E-state index contributed by atoms with van der Waals surface area (Å²) in [6.07, 6.45) is -5.97. The maximum Gasteiger partial charge on any atom is 0.266 e. The van der Waals surface area contributed by atoms with Crippen LogP contribution in [0.2, 0.25) is 0 Å². The highest BCUT2D eigenvalue weighted by molar-refractivity contribution is 5.35. The van der Waals surface area contributed by atoms with Gasteiger partial charge in [-0.05, 0) is 23.6 Å². The molecule has 0 aliphatic carbocycles. The lowest BCUT2D eigenvalue weighted by atomic mass is 9.97. The predicted octanol–water partition coefficient (Wildman–Crippen LogP) is 4.82. The Morgan fingerprint density at radius 1 is 0.875 bits per heavy atom. The molecule has 1 aromatic rings. The first-order valence-electron chi connectivity index (χ1n) is 4.74. The summed E-state index contributed by atoms with van der Waals surface area (Å²) in [4.78, 5) is 0. The second kappa shape index (κ2) is 4.80. The van der Waals surface area contributed by atoms with Crippen molar-refractivity contribution in [2.24, 2.45) is 0 Å². The van der Waals surface area contributed by atoms with Crippen LogP contribution in [0, 0.1) is 5.82 Å². The Kier molecular flexibility index (Phi) is 3.88. The Morgan fingerprint density at radius 3 is 1.75 bits per heavy atom. The van der Waals surface area contributed by atoms with Crippen molar-refractivity contribution in [2.45, 2.75) is 32.6 Å². The van der Waals surface area contributed by atoms with Crippen LogP contribution in [0.15, 0.2) is 12.1 Å². The van der Waals surface area contributed by atoms with Gasteiger partial charge in [-0.25, -0.2) is 22.0 Å². The third kappa shape index (κ3) is 2.51. The fourth-order valence-corrected chi connectivity index (χ4v) is 1.40. The van der Waals surface area contributed by atoms with E-state index in [0.29, 0.717) is 6.07 Å². The molecule has 16 heavy (non-hydrogen) atoms. The highest BCUT2D eigenvalue weighted by Gasteiger charge is 2.22. The first kappa shape index (κ1) is 12.9. The van der Waals surface area contributed by atoms with Crippen molar-refractivity contribution in [3.05, 3.63) is 34.6 Å². The van der Waals surface area contributed by atoms with Crippen LogP contribution in [0.4, 0.5) is 22.0 Å². The number of benzene rings is 1.